The molecular formula is C18H23NO3. The fraction of sp³-hybridized carbons (Fsp3) is 0.389. The Hall–Kier alpha value is -2.23. The van der Waals surface area contributed by atoms with Gasteiger partial charge in [0.2, 0.25) is 12.7 Å². The van der Waals surface area contributed by atoms with E-state index < -0.39 is 0 Å². The van der Waals surface area contributed by atoms with Gasteiger partial charge in [-0.3, -0.25) is 4.79 Å². The first-order valence-electron chi connectivity index (χ1n) is 7.49. The number of likely N-dealkylation sites (N-methyl/N-ethyl adjacent to an activating group) is 1. The number of rotatable bonds is 5. The van der Waals surface area contributed by atoms with Crippen LogP contribution in [0.3, 0.4) is 0 Å². The van der Waals surface area contributed by atoms with Crippen molar-refractivity contribution >= 4 is 5.91 Å². The SMILES string of the molecule is C/C=C\C(=C/C)CN(C)C(=O)C(C)c1cccc2c1OCO2. The zero-order chi connectivity index (χ0) is 16.1. The highest BCUT2D eigenvalue weighted by Crippen LogP contribution is 2.39. The number of ether oxygens (including phenoxy) is 2. The van der Waals surface area contributed by atoms with Crippen molar-refractivity contribution in [2.24, 2.45) is 0 Å². The van der Waals surface area contributed by atoms with Crippen LogP contribution in [0, 0.1) is 0 Å². The lowest BCUT2D eigenvalue weighted by atomic mass is 9.98. The maximum atomic E-state index is 12.7. The largest absolute Gasteiger partial charge is 0.454 e. The Morgan fingerprint density at radius 2 is 2.14 bits per heavy atom. The van der Waals surface area contributed by atoms with Gasteiger partial charge in [0.15, 0.2) is 11.5 Å². The molecule has 1 aromatic rings. The number of fused-ring (bicyclic) bond motifs is 1. The molecule has 0 spiro atoms. The van der Waals surface area contributed by atoms with E-state index in [2.05, 4.69) is 0 Å². The van der Waals surface area contributed by atoms with Gasteiger partial charge in [-0.05, 0) is 32.4 Å². The van der Waals surface area contributed by atoms with Gasteiger partial charge >= 0.3 is 0 Å². The summed E-state index contributed by atoms with van der Waals surface area (Å²) >= 11 is 0. The first kappa shape index (κ1) is 16.1. The Morgan fingerprint density at radius 1 is 1.36 bits per heavy atom. The van der Waals surface area contributed by atoms with Gasteiger partial charge < -0.3 is 14.4 Å². The fourth-order valence-corrected chi connectivity index (χ4v) is 2.56. The molecule has 0 aromatic heterocycles. The molecule has 0 radical (unpaired) electrons. The van der Waals surface area contributed by atoms with E-state index in [1.807, 2.05) is 64.2 Å². The van der Waals surface area contributed by atoms with Crippen LogP contribution in [-0.4, -0.2) is 31.2 Å². The van der Waals surface area contributed by atoms with Crippen LogP contribution < -0.4 is 9.47 Å². The molecule has 2 rings (SSSR count). The predicted molar refractivity (Wildman–Crippen MR) is 87.2 cm³/mol. The third kappa shape index (κ3) is 3.32. The molecule has 118 valence electrons. The topological polar surface area (TPSA) is 38.8 Å². The number of nitrogens with zero attached hydrogens (tertiary/aromatic N) is 1. The molecule has 1 unspecified atom stereocenters. The summed E-state index contributed by atoms with van der Waals surface area (Å²) in [4.78, 5) is 14.4. The van der Waals surface area contributed by atoms with E-state index in [1.165, 1.54) is 0 Å². The van der Waals surface area contributed by atoms with Gasteiger partial charge in [0.1, 0.15) is 0 Å². The quantitative estimate of drug-likeness (QED) is 0.781. The van der Waals surface area contributed by atoms with E-state index >= 15 is 0 Å². The molecule has 4 heteroatoms. The van der Waals surface area contributed by atoms with E-state index in [4.69, 9.17) is 9.47 Å². The minimum absolute atomic E-state index is 0.0627. The molecular weight excluding hydrogens is 278 g/mol. The molecule has 1 amide bonds. The van der Waals surface area contributed by atoms with Crippen molar-refractivity contribution in [3.05, 3.63) is 47.6 Å². The Labute approximate surface area is 132 Å². The van der Waals surface area contributed by atoms with Crippen molar-refractivity contribution in [2.75, 3.05) is 20.4 Å². The summed E-state index contributed by atoms with van der Waals surface area (Å²) in [5.41, 5.74) is 1.99. The van der Waals surface area contributed by atoms with E-state index in [1.54, 1.807) is 4.90 Å². The first-order chi connectivity index (χ1) is 10.6. The highest BCUT2D eigenvalue weighted by atomic mass is 16.7. The monoisotopic (exact) mass is 301 g/mol. The van der Waals surface area contributed by atoms with Crippen LogP contribution in [0.4, 0.5) is 0 Å². The summed E-state index contributed by atoms with van der Waals surface area (Å²) in [5, 5.41) is 0. The normalized spacial score (nSPS) is 15.2. The van der Waals surface area contributed by atoms with Gasteiger partial charge in [-0.25, -0.2) is 0 Å². The van der Waals surface area contributed by atoms with Crippen LogP contribution in [0.15, 0.2) is 42.0 Å². The molecule has 1 heterocycles. The molecule has 0 saturated carbocycles. The first-order valence-corrected chi connectivity index (χ1v) is 7.49. The number of hydrogen-bond acceptors (Lipinski definition) is 3. The molecule has 1 aliphatic rings. The third-order valence-electron chi connectivity index (χ3n) is 3.81. The van der Waals surface area contributed by atoms with Gasteiger partial charge in [-0.15, -0.1) is 0 Å². The van der Waals surface area contributed by atoms with E-state index in [0.29, 0.717) is 18.0 Å². The molecule has 0 aliphatic carbocycles. The number of carbonyl (C=O) groups is 1. The van der Waals surface area contributed by atoms with Gasteiger partial charge in [0.25, 0.3) is 0 Å². The molecule has 1 atom stereocenters. The lowest BCUT2D eigenvalue weighted by Gasteiger charge is -2.22. The average molecular weight is 301 g/mol. The summed E-state index contributed by atoms with van der Waals surface area (Å²) < 4.78 is 10.9. The standard InChI is InChI=1S/C18H23NO3/c1-5-8-14(6-2)11-19(4)18(20)13(3)15-9-7-10-16-17(15)22-12-21-16/h5-10,13H,11-12H2,1-4H3/b8-5-,14-6+. The number of carbonyl (C=O) groups excluding carboxylic acids is 1. The lowest BCUT2D eigenvalue weighted by molar-refractivity contribution is -0.130. The number of allylic oxidation sites excluding steroid dienone is 2. The lowest BCUT2D eigenvalue weighted by Crippen LogP contribution is -2.32. The van der Waals surface area contributed by atoms with Crippen LogP contribution >= 0.6 is 0 Å². The minimum Gasteiger partial charge on any atom is -0.454 e. The summed E-state index contributed by atoms with van der Waals surface area (Å²) in [5.74, 6) is 1.19. The smallest absolute Gasteiger partial charge is 0.231 e. The molecule has 0 fully saturated rings. The van der Waals surface area contributed by atoms with Crippen molar-refractivity contribution in [1.82, 2.24) is 4.90 Å². The minimum atomic E-state index is -0.273. The van der Waals surface area contributed by atoms with Crippen molar-refractivity contribution in [3.8, 4) is 11.5 Å². The zero-order valence-corrected chi connectivity index (χ0v) is 13.6. The summed E-state index contributed by atoms with van der Waals surface area (Å²) in [7, 11) is 1.83. The van der Waals surface area contributed by atoms with Crippen LogP contribution in [0.5, 0.6) is 11.5 Å². The van der Waals surface area contributed by atoms with Crippen LogP contribution in [-0.2, 0) is 4.79 Å². The number of benzene rings is 1. The predicted octanol–water partition coefficient (Wildman–Crippen LogP) is 3.50. The van der Waals surface area contributed by atoms with Gasteiger partial charge in [-0.1, -0.05) is 30.4 Å². The van der Waals surface area contributed by atoms with Crippen molar-refractivity contribution in [2.45, 2.75) is 26.7 Å². The fourth-order valence-electron chi connectivity index (χ4n) is 2.56. The van der Waals surface area contributed by atoms with Gasteiger partial charge in [0.05, 0.1) is 5.92 Å². The van der Waals surface area contributed by atoms with Crippen molar-refractivity contribution < 1.29 is 14.3 Å². The van der Waals surface area contributed by atoms with Gasteiger partial charge in [0, 0.05) is 19.2 Å². The molecule has 0 N–H and O–H groups in total. The van der Waals surface area contributed by atoms with E-state index in [0.717, 1.165) is 11.1 Å². The second kappa shape index (κ2) is 7.16. The number of para-hydroxylation sites is 1. The highest BCUT2D eigenvalue weighted by molar-refractivity contribution is 5.84. The molecule has 0 bridgehead atoms. The maximum absolute atomic E-state index is 12.7. The average Bonchev–Trinajstić information content (AvgIpc) is 3.01. The maximum Gasteiger partial charge on any atom is 0.231 e. The Bertz CT molecular complexity index is 604. The molecule has 1 aromatic carbocycles. The molecule has 1 aliphatic heterocycles. The molecule has 22 heavy (non-hydrogen) atoms. The third-order valence-corrected chi connectivity index (χ3v) is 3.81. The van der Waals surface area contributed by atoms with Gasteiger partial charge in [-0.2, -0.15) is 0 Å². The Morgan fingerprint density at radius 3 is 2.82 bits per heavy atom. The zero-order valence-electron chi connectivity index (χ0n) is 13.6. The highest BCUT2D eigenvalue weighted by Gasteiger charge is 2.26. The van der Waals surface area contributed by atoms with Crippen LogP contribution in [0.25, 0.3) is 0 Å². The Kier molecular flexibility index (Phi) is 5.26. The van der Waals surface area contributed by atoms with E-state index in [9.17, 15) is 4.79 Å². The van der Waals surface area contributed by atoms with E-state index in [-0.39, 0.29) is 18.6 Å². The van der Waals surface area contributed by atoms with Crippen LogP contribution in [0.1, 0.15) is 32.3 Å². The number of hydrogen-bond donors (Lipinski definition) is 0. The summed E-state index contributed by atoms with van der Waals surface area (Å²) in [6.07, 6.45) is 6.02. The van der Waals surface area contributed by atoms with Crippen molar-refractivity contribution in [1.29, 1.82) is 0 Å². The molecule has 4 nitrogen and oxygen atoms in total. The van der Waals surface area contributed by atoms with Crippen LogP contribution in [0.2, 0.25) is 0 Å². The Balaban J connectivity index is 2.14. The number of amides is 1. The molecule has 0 saturated heterocycles. The second-order valence-electron chi connectivity index (χ2n) is 5.36. The summed E-state index contributed by atoms with van der Waals surface area (Å²) in [6, 6.07) is 5.67. The summed E-state index contributed by atoms with van der Waals surface area (Å²) in [6.45, 7) is 6.66. The van der Waals surface area contributed by atoms with Crippen molar-refractivity contribution in [3.63, 3.8) is 0 Å². The second-order valence-corrected chi connectivity index (χ2v) is 5.36.